The third-order valence-electron chi connectivity index (χ3n) is 3.31. The first-order valence-corrected chi connectivity index (χ1v) is 5.83. The normalized spacial score (nSPS) is 29.6. The number of pyridine rings is 1. The smallest absolute Gasteiger partial charge is 0.164 e. The molecule has 0 aliphatic carbocycles. The van der Waals surface area contributed by atoms with Gasteiger partial charge in [-0.3, -0.25) is 0 Å². The maximum absolute atomic E-state index is 9.98. The molecule has 20 heavy (non-hydrogen) atoms. The minimum absolute atomic E-state index is 0. The maximum Gasteiger partial charge on any atom is 0.164 e. The Balaban J connectivity index is 0.00000147. The summed E-state index contributed by atoms with van der Waals surface area (Å²) in [6, 6.07) is 1.69. The van der Waals surface area contributed by atoms with Crippen molar-refractivity contribution in [3.8, 4) is 0 Å². The topological polar surface area (TPSA) is 127 Å². The van der Waals surface area contributed by atoms with Crippen LogP contribution in [0.5, 0.6) is 0 Å². The maximum atomic E-state index is 9.98. The number of nitrogens with two attached hydrogens (primary N) is 1. The second-order valence-corrected chi connectivity index (χ2v) is 4.44. The highest BCUT2D eigenvalue weighted by molar-refractivity contribution is 5.85. The molecule has 1 saturated heterocycles. The van der Waals surface area contributed by atoms with Crippen LogP contribution in [0.1, 0.15) is 6.23 Å². The molecule has 0 bridgehead atoms. The van der Waals surface area contributed by atoms with E-state index in [1.165, 1.54) is 12.5 Å². The van der Waals surface area contributed by atoms with E-state index in [1.807, 2.05) is 0 Å². The molecule has 5 N–H and O–H groups in total. The van der Waals surface area contributed by atoms with Crippen LogP contribution in [0.25, 0.3) is 11.0 Å². The molecule has 0 saturated carbocycles. The number of ether oxygens (including phenoxy) is 1. The van der Waals surface area contributed by atoms with Crippen LogP contribution in [0.3, 0.4) is 0 Å². The molecule has 1 aliphatic rings. The molecule has 1 aliphatic heterocycles. The molecule has 9 heteroatoms. The van der Waals surface area contributed by atoms with Crippen LogP contribution in [0.2, 0.25) is 0 Å². The Hall–Kier alpha value is -1.45. The molecule has 2 aromatic heterocycles. The summed E-state index contributed by atoms with van der Waals surface area (Å²) >= 11 is 0. The number of halogens is 1. The molecule has 3 heterocycles. The molecule has 0 aromatic carbocycles. The van der Waals surface area contributed by atoms with Gasteiger partial charge in [0.25, 0.3) is 0 Å². The number of anilines is 1. The van der Waals surface area contributed by atoms with E-state index < -0.39 is 24.5 Å². The van der Waals surface area contributed by atoms with Gasteiger partial charge in [0.2, 0.25) is 0 Å². The number of hydrogen-bond acceptors (Lipinski definition) is 7. The summed E-state index contributed by atoms with van der Waals surface area (Å²) in [5.41, 5.74) is 6.85. The molecular formula is C11H15ClN4O4. The summed E-state index contributed by atoms with van der Waals surface area (Å²) in [6.45, 7) is -0.370. The van der Waals surface area contributed by atoms with Gasteiger partial charge < -0.3 is 30.4 Å². The van der Waals surface area contributed by atoms with Gasteiger partial charge in [-0.15, -0.1) is 12.4 Å². The molecule has 110 valence electrons. The minimum atomic E-state index is -1.15. The molecule has 4 atom stereocenters. The van der Waals surface area contributed by atoms with Crippen molar-refractivity contribution in [2.24, 2.45) is 0 Å². The lowest BCUT2D eigenvalue weighted by Crippen LogP contribution is -2.33. The average molecular weight is 303 g/mol. The first-order chi connectivity index (χ1) is 9.13. The summed E-state index contributed by atoms with van der Waals surface area (Å²) < 4.78 is 7.01. The predicted molar refractivity (Wildman–Crippen MR) is 72.2 cm³/mol. The van der Waals surface area contributed by atoms with Crippen LogP contribution < -0.4 is 5.73 Å². The van der Waals surface area contributed by atoms with Crippen molar-refractivity contribution >= 4 is 29.3 Å². The lowest BCUT2D eigenvalue weighted by atomic mass is 10.1. The largest absolute Gasteiger partial charge is 0.394 e. The quantitative estimate of drug-likeness (QED) is 0.563. The third kappa shape index (κ3) is 2.11. The number of aromatic nitrogens is 3. The zero-order chi connectivity index (χ0) is 13.6. The second-order valence-electron chi connectivity index (χ2n) is 4.44. The van der Waals surface area contributed by atoms with E-state index in [4.69, 9.17) is 15.6 Å². The Labute approximate surface area is 120 Å². The number of rotatable bonds is 2. The lowest BCUT2D eigenvalue weighted by Gasteiger charge is -2.16. The Kier molecular flexibility index (Phi) is 4.11. The number of imidazole rings is 1. The van der Waals surface area contributed by atoms with Gasteiger partial charge in [0.1, 0.15) is 23.8 Å². The van der Waals surface area contributed by atoms with Crippen LogP contribution in [0.4, 0.5) is 5.82 Å². The van der Waals surface area contributed by atoms with E-state index in [0.29, 0.717) is 11.0 Å². The van der Waals surface area contributed by atoms with Crippen LogP contribution >= 0.6 is 12.4 Å². The zero-order valence-corrected chi connectivity index (χ0v) is 11.1. The molecule has 2 unspecified atom stereocenters. The lowest BCUT2D eigenvalue weighted by molar-refractivity contribution is -0.0508. The summed E-state index contributed by atoms with van der Waals surface area (Å²) in [5, 5.41) is 28.8. The van der Waals surface area contributed by atoms with Crippen molar-refractivity contribution in [3.05, 3.63) is 18.6 Å². The number of aliphatic hydroxyl groups excluding tert-OH is 3. The van der Waals surface area contributed by atoms with Crippen LogP contribution in [-0.2, 0) is 4.74 Å². The Morgan fingerprint density at radius 1 is 1.30 bits per heavy atom. The molecule has 3 rings (SSSR count). The van der Waals surface area contributed by atoms with Crippen LogP contribution in [0.15, 0.2) is 18.6 Å². The van der Waals surface area contributed by atoms with Gasteiger partial charge in [0.05, 0.1) is 18.5 Å². The molecule has 0 amide bonds. The molecule has 2 aromatic rings. The molecule has 8 nitrogen and oxygen atoms in total. The number of nitrogens with zero attached hydrogens (tertiary/aromatic N) is 3. The van der Waals surface area contributed by atoms with Crippen molar-refractivity contribution < 1.29 is 20.1 Å². The van der Waals surface area contributed by atoms with E-state index in [9.17, 15) is 10.2 Å². The van der Waals surface area contributed by atoms with Crippen molar-refractivity contribution in [1.82, 2.24) is 14.5 Å². The van der Waals surface area contributed by atoms with E-state index in [2.05, 4.69) is 9.97 Å². The fourth-order valence-corrected chi connectivity index (χ4v) is 2.29. The number of fused-ring (bicyclic) bond motifs is 1. The van der Waals surface area contributed by atoms with Gasteiger partial charge in [-0.25, -0.2) is 9.97 Å². The van der Waals surface area contributed by atoms with E-state index >= 15 is 0 Å². The first kappa shape index (κ1) is 14.9. The highest BCUT2D eigenvalue weighted by Crippen LogP contribution is 2.32. The number of aliphatic hydroxyl groups is 3. The van der Waals surface area contributed by atoms with E-state index in [1.54, 1.807) is 10.6 Å². The predicted octanol–water partition coefficient (Wildman–Crippen LogP) is -0.953. The van der Waals surface area contributed by atoms with E-state index in [-0.39, 0.29) is 24.8 Å². The zero-order valence-electron chi connectivity index (χ0n) is 10.3. The third-order valence-corrected chi connectivity index (χ3v) is 3.31. The molecule has 0 spiro atoms. The summed E-state index contributed by atoms with van der Waals surface area (Å²) in [6.07, 6.45) is -0.952. The standard InChI is InChI=1S/C11H14N4O4.ClH/c12-10-7-5(1-2-13-10)15(4-14-7)11-9(18)8(17)6(3-16)19-11;/h1-2,4,6,8-9,11,16-18H,3H2,(H2,12,13);1H/t6?,8-,9-,11?;/m1./s1. The SMILES string of the molecule is Cl.Nc1nccc2c1ncn2C1OC(CO)[C@@H](O)[C@H]1O. The van der Waals surface area contributed by atoms with Gasteiger partial charge in [-0.05, 0) is 6.07 Å². The van der Waals surface area contributed by atoms with E-state index in [0.717, 1.165) is 0 Å². The fraction of sp³-hybridized carbons (Fsp3) is 0.455. The molecule has 0 radical (unpaired) electrons. The monoisotopic (exact) mass is 302 g/mol. The number of nitrogen functional groups attached to an aromatic ring is 1. The van der Waals surface area contributed by atoms with Crippen molar-refractivity contribution in [2.45, 2.75) is 24.5 Å². The van der Waals surface area contributed by atoms with Gasteiger partial charge in [0, 0.05) is 6.20 Å². The Morgan fingerprint density at radius 3 is 2.70 bits per heavy atom. The van der Waals surface area contributed by atoms with Gasteiger partial charge in [0.15, 0.2) is 12.0 Å². The second kappa shape index (κ2) is 5.51. The number of hydrogen-bond donors (Lipinski definition) is 4. The van der Waals surface area contributed by atoms with Crippen molar-refractivity contribution in [1.29, 1.82) is 0 Å². The summed E-state index contributed by atoms with van der Waals surface area (Å²) in [5.74, 6) is 0.281. The highest BCUT2D eigenvalue weighted by atomic mass is 35.5. The summed E-state index contributed by atoms with van der Waals surface area (Å²) in [7, 11) is 0. The average Bonchev–Trinajstić information content (AvgIpc) is 2.94. The van der Waals surface area contributed by atoms with Gasteiger partial charge >= 0.3 is 0 Å². The highest BCUT2D eigenvalue weighted by Gasteiger charge is 2.43. The first-order valence-electron chi connectivity index (χ1n) is 5.83. The van der Waals surface area contributed by atoms with Gasteiger partial charge in [-0.1, -0.05) is 0 Å². The van der Waals surface area contributed by atoms with Crippen molar-refractivity contribution in [2.75, 3.05) is 12.3 Å². The van der Waals surface area contributed by atoms with Gasteiger partial charge in [-0.2, -0.15) is 0 Å². The van der Waals surface area contributed by atoms with Crippen LogP contribution in [-0.4, -0.2) is 54.8 Å². The molecule has 1 fully saturated rings. The fourth-order valence-electron chi connectivity index (χ4n) is 2.29. The van der Waals surface area contributed by atoms with Crippen LogP contribution in [0, 0.1) is 0 Å². The Bertz CT molecular complexity index is 607. The minimum Gasteiger partial charge on any atom is -0.394 e. The Morgan fingerprint density at radius 2 is 2.05 bits per heavy atom. The summed E-state index contributed by atoms with van der Waals surface area (Å²) in [4.78, 5) is 8.03. The molecular weight excluding hydrogens is 288 g/mol. The van der Waals surface area contributed by atoms with Crippen molar-refractivity contribution in [3.63, 3.8) is 0 Å².